The standard InChI is InChI=1S/C38H34F2N2O2S/c1-3-5-21-43-29-13-7-25(8-14-29)27-11-17-31(35(39)23-27)33-19-20-34(38-37(33)41-45-42-38)32-18-12-28(24-36(32)40)26-9-15-30(16-10-26)44-22-6-4-2/h7-20,23-24H,3-6,21-22H2,1-2H3. The van der Waals surface area contributed by atoms with Gasteiger partial charge in [0.2, 0.25) is 0 Å². The van der Waals surface area contributed by atoms with Gasteiger partial charge in [-0.15, -0.1) is 0 Å². The van der Waals surface area contributed by atoms with Gasteiger partial charge in [0.15, 0.2) is 0 Å². The maximum Gasteiger partial charge on any atom is 0.131 e. The van der Waals surface area contributed by atoms with Crippen molar-refractivity contribution in [2.45, 2.75) is 39.5 Å². The van der Waals surface area contributed by atoms with Crippen LogP contribution >= 0.6 is 11.7 Å². The summed E-state index contributed by atoms with van der Waals surface area (Å²) < 4.78 is 51.7. The summed E-state index contributed by atoms with van der Waals surface area (Å²) in [5.74, 6) is 0.872. The number of ether oxygens (including phenoxy) is 2. The minimum Gasteiger partial charge on any atom is -0.494 e. The third-order valence-corrected chi connectivity index (χ3v) is 8.37. The molecule has 7 heteroatoms. The molecule has 0 bridgehead atoms. The smallest absolute Gasteiger partial charge is 0.131 e. The highest BCUT2D eigenvalue weighted by Crippen LogP contribution is 2.38. The molecule has 4 nitrogen and oxygen atoms in total. The van der Waals surface area contributed by atoms with Gasteiger partial charge in [0.25, 0.3) is 0 Å². The first-order valence-corrected chi connectivity index (χ1v) is 16.1. The molecule has 0 spiro atoms. The third kappa shape index (κ3) is 6.74. The van der Waals surface area contributed by atoms with Crippen molar-refractivity contribution in [3.8, 4) is 56.0 Å². The predicted molar refractivity (Wildman–Crippen MR) is 180 cm³/mol. The summed E-state index contributed by atoms with van der Waals surface area (Å²) in [5, 5.41) is 0. The number of benzene rings is 5. The molecule has 0 aliphatic carbocycles. The fourth-order valence-electron chi connectivity index (χ4n) is 5.28. The predicted octanol–water partition coefficient (Wildman–Crippen LogP) is 11.0. The number of hydrogen-bond acceptors (Lipinski definition) is 5. The van der Waals surface area contributed by atoms with E-state index in [1.165, 1.54) is 12.1 Å². The van der Waals surface area contributed by atoms with Crippen LogP contribution in [0, 0.1) is 11.6 Å². The van der Waals surface area contributed by atoms with Crippen molar-refractivity contribution in [3.05, 3.63) is 109 Å². The van der Waals surface area contributed by atoms with E-state index in [-0.39, 0.29) is 11.6 Å². The monoisotopic (exact) mass is 620 g/mol. The molecule has 0 saturated heterocycles. The van der Waals surface area contributed by atoms with Crippen molar-refractivity contribution < 1.29 is 18.3 Å². The Balaban J connectivity index is 1.24. The maximum absolute atomic E-state index is 15.6. The Morgan fingerprint density at radius 2 is 0.889 bits per heavy atom. The molecule has 0 saturated carbocycles. The summed E-state index contributed by atoms with van der Waals surface area (Å²) in [6.45, 7) is 5.61. The zero-order valence-corrected chi connectivity index (χ0v) is 26.2. The Labute approximate surface area is 266 Å². The van der Waals surface area contributed by atoms with E-state index < -0.39 is 0 Å². The molecular formula is C38H34F2N2O2S. The normalized spacial score (nSPS) is 11.2. The number of rotatable bonds is 12. The van der Waals surface area contributed by atoms with Crippen LogP contribution in [0.25, 0.3) is 55.5 Å². The van der Waals surface area contributed by atoms with Crippen molar-refractivity contribution in [2.24, 2.45) is 0 Å². The molecule has 6 aromatic rings. The van der Waals surface area contributed by atoms with Gasteiger partial charge in [-0.05, 0) is 71.5 Å². The molecule has 0 radical (unpaired) electrons. The SMILES string of the molecule is CCCCOc1ccc(-c2ccc(-c3ccc(-c4ccc(-c5ccc(OCCCC)cc5)cc4F)c4nsnc34)c(F)c2)cc1. The average Bonchev–Trinajstić information content (AvgIpc) is 3.56. The van der Waals surface area contributed by atoms with Crippen LogP contribution in [0.2, 0.25) is 0 Å². The molecule has 0 N–H and O–H groups in total. The molecule has 0 aliphatic heterocycles. The highest BCUT2D eigenvalue weighted by Gasteiger charge is 2.18. The van der Waals surface area contributed by atoms with Crippen molar-refractivity contribution in [2.75, 3.05) is 13.2 Å². The second-order valence-electron chi connectivity index (χ2n) is 11.0. The topological polar surface area (TPSA) is 44.2 Å². The average molecular weight is 621 g/mol. The summed E-state index contributed by atoms with van der Waals surface area (Å²) >= 11 is 1.03. The molecule has 6 rings (SSSR count). The Morgan fingerprint density at radius 3 is 1.27 bits per heavy atom. The van der Waals surface area contributed by atoms with Gasteiger partial charge in [0.1, 0.15) is 34.2 Å². The van der Waals surface area contributed by atoms with E-state index in [1.807, 2.05) is 60.7 Å². The Bertz CT molecular complexity index is 1770. The Morgan fingerprint density at radius 1 is 0.511 bits per heavy atom. The van der Waals surface area contributed by atoms with Crippen LogP contribution in [-0.4, -0.2) is 22.0 Å². The van der Waals surface area contributed by atoms with Crippen LogP contribution in [0.15, 0.2) is 97.1 Å². The van der Waals surface area contributed by atoms with Gasteiger partial charge in [-0.1, -0.05) is 87.4 Å². The van der Waals surface area contributed by atoms with E-state index in [0.717, 1.165) is 71.2 Å². The van der Waals surface area contributed by atoms with Crippen molar-refractivity contribution >= 4 is 22.8 Å². The summed E-state index contributed by atoms with van der Waals surface area (Å²) in [5.41, 5.74) is 6.47. The highest BCUT2D eigenvalue weighted by molar-refractivity contribution is 7.00. The molecule has 228 valence electrons. The molecule has 0 atom stereocenters. The third-order valence-electron chi connectivity index (χ3n) is 7.84. The first kappa shape index (κ1) is 30.4. The van der Waals surface area contributed by atoms with Crippen LogP contribution in [0.1, 0.15) is 39.5 Å². The van der Waals surface area contributed by atoms with Gasteiger partial charge in [-0.3, -0.25) is 0 Å². The van der Waals surface area contributed by atoms with Gasteiger partial charge in [-0.2, -0.15) is 8.75 Å². The fraction of sp³-hybridized carbons (Fsp3) is 0.211. The molecule has 0 aliphatic rings. The molecule has 5 aromatic carbocycles. The van der Waals surface area contributed by atoms with Crippen molar-refractivity contribution in [3.63, 3.8) is 0 Å². The van der Waals surface area contributed by atoms with Gasteiger partial charge >= 0.3 is 0 Å². The number of unbranched alkanes of at least 4 members (excludes halogenated alkanes) is 2. The van der Waals surface area contributed by atoms with Gasteiger partial charge in [-0.25, -0.2) is 8.78 Å². The second-order valence-corrected chi connectivity index (χ2v) is 11.5. The molecule has 1 heterocycles. The van der Waals surface area contributed by atoms with Crippen LogP contribution in [-0.2, 0) is 0 Å². The molecule has 0 unspecified atom stereocenters. The zero-order chi connectivity index (χ0) is 31.2. The van der Waals surface area contributed by atoms with E-state index in [9.17, 15) is 0 Å². The minimum atomic E-state index is -0.366. The lowest BCUT2D eigenvalue weighted by atomic mass is 9.94. The first-order chi connectivity index (χ1) is 22.1. The Hall–Kier alpha value is -4.62. The van der Waals surface area contributed by atoms with Crippen LogP contribution in [0.5, 0.6) is 11.5 Å². The summed E-state index contributed by atoms with van der Waals surface area (Å²) in [4.78, 5) is 0. The van der Waals surface area contributed by atoms with Crippen molar-refractivity contribution in [1.82, 2.24) is 8.75 Å². The fourth-order valence-corrected chi connectivity index (χ4v) is 5.86. The van der Waals surface area contributed by atoms with Gasteiger partial charge in [0.05, 0.1) is 24.9 Å². The zero-order valence-electron chi connectivity index (χ0n) is 25.4. The van der Waals surface area contributed by atoms with E-state index in [2.05, 4.69) is 22.6 Å². The second kappa shape index (κ2) is 14.0. The summed E-state index contributed by atoms with van der Waals surface area (Å²) in [7, 11) is 0. The molecule has 45 heavy (non-hydrogen) atoms. The summed E-state index contributed by atoms with van der Waals surface area (Å²) in [6.07, 6.45) is 4.16. The summed E-state index contributed by atoms with van der Waals surface area (Å²) in [6, 6.07) is 29.4. The van der Waals surface area contributed by atoms with E-state index in [1.54, 1.807) is 24.3 Å². The first-order valence-electron chi connectivity index (χ1n) is 15.4. The number of fused-ring (bicyclic) bond motifs is 1. The lowest BCUT2D eigenvalue weighted by Crippen LogP contribution is -1.96. The number of nitrogens with zero attached hydrogens (tertiary/aromatic N) is 2. The van der Waals surface area contributed by atoms with E-state index in [4.69, 9.17) is 9.47 Å². The van der Waals surface area contributed by atoms with Crippen LogP contribution < -0.4 is 9.47 Å². The molecular weight excluding hydrogens is 586 g/mol. The van der Waals surface area contributed by atoms with E-state index in [0.29, 0.717) is 46.5 Å². The lowest BCUT2D eigenvalue weighted by Gasteiger charge is -2.11. The maximum atomic E-state index is 15.6. The van der Waals surface area contributed by atoms with Crippen LogP contribution in [0.4, 0.5) is 8.78 Å². The van der Waals surface area contributed by atoms with Crippen molar-refractivity contribution in [1.29, 1.82) is 0 Å². The van der Waals surface area contributed by atoms with E-state index >= 15 is 8.78 Å². The highest BCUT2D eigenvalue weighted by atomic mass is 32.1. The van der Waals surface area contributed by atoms with Gasteiger partial charge in [0, 0.05) is 22.3 Å². The minimum absolute atomic E-state index is 0.366. The number of halogens is 2. The number of hydrogen-bond donors (Lipinski definition) is 0. The Kier molecular flexibility index (Phi) is 9.46. The molecule has 0 amide bonds. The quantitative estimate of drug-likeness (QED) is 0.128. The number of aromatic nitrogens is 2. The molecule has 0 fully saturated rings. The lowest BCUT2D eigenvalue weighted by molar-refractivity contribution is 0.309. The largest absolute Gasteiger partial charge is 0.494 e. The van der Waals surface area contributed by atoms with Gasteiger partial charge < -0.3 is 9.47 Å². The van der Waals surface area contributed by atoms with Crippen LogP contribution in [0.3, 0.4) is 0 Å². The molecule has 1 aromatic heterocycles.